The van der Waals surface area contributed by atoms with E-state index in [4.69, 9.17) is 41.7 Å². The maximum absolute atomic E-state index is 14.1. The van der Waals surface area contributed by atoms with Crippen LogP contribution in [-0.2, 0) is 40.5 Å². The Hall–Kier alpha value is -12.4. The first-order valence-corrected chi connectivity index (χ1v) is 40.0. The third-order valence-corrected chi connectivity index (χ3v) is 23.1. The molecule has 27 heteroatoms. The molecule has 0 aromatic heterocycles. The zero-order chi connectivity index (χ0) is 83.3. The van der Waals surface area contributed by atoms with Gasteiger partial charge in [0.05, 0.1) is 73.6 Å². The number of rotatable bonds is 14. The molecule has 6 atom stereocenters. The average Bonchev–Trinajstić information content (AvgIpc) is 1.05. The highest BCUT2D eigenvalue weighted by molar-refractivity contribution is 9.10. The number of nitriles is 2. The summed E-state index contributed by atoms with van der Waals surface area (Å²) in [7, 11) is 5.17. The van der Waals surface area contributed by atoms with Gasteiger partial charge in [0, 0.05) is 82.2 Å². The van der Waals surface area contributed by atoms with Crippen LogP contribution < -0.4 is 47.7 Å². The second-order valence-electron chi connectivity index (χ2n) is 30.2. The Morgan fingerprint density at radius 3 is 1.70 bits per heavy atom. The number of nitrogens with zero attached hydrogens (tertiary/aromatic N) is 11. The second kappa shape index (κ2) is 36.8. The SMILES string of the molecule is CN1C(=O)[C@@H](c2ccc(N3CCOCC3)cc2)[C@@](C)(c2cccc(C#N)c2)N=C1N.CN1C[C@H](c2ccc(N3CCOCC3)cc2)[C@@](C)(c2cccc(C#N)c2)N=C1N.CN=C1NC(=O)C[C@@H](c2cccc(-c3cccc(OC(F)(F)F)c3)c2)N1.NC1=NC(c2ccccc2)(c2cccc(-c3cccc(Br)c3)c2)C(=O)N1CC1CCNCC1. The van der Waals surface area contributed by atoms with Gasteiger partial charge >= 0.3 is 6.36 Å². The van der Waals surface area contributed by atoms with Crippen LogP contribution in [-0.4, -0.2) is 163 Å². The van der Waals surface area contributed by atoms with E-state index in [1.54, 1.807) is 49.3 Å². The number of hydrogen-bond acceptors (Lipinski definition) is 19. The van der Waals surface area contributed by atoms with Crippen LogP contribution in [0.15, 0.2) is 249 Å². The number of alkyl halides is 3. The number of nitrogens with one attached hydrogen (secondary N) is 3. The van der Waals surface area contributed by atoms with Gasteiger partial charge in [0.2, 0.25) is 11.8 Å². The zero-order valence-corrected chi connectivity index (χ0v) is 68.0. The molecule has 118 heavy (non-hydrogen) atoms. The number of guanidine groups is 4. The summed E-state index contributed by atoms with van der Waals surface area (Å²) in [6, 6.07) is 75.0. The number of piperidine rings is 1. The summed E-state index contributed by atoms with van der Waals surface area (Å²) in [4.78, 5) is 67.4. The third-order valence-electron chi connectivity index (χ3n) is 22.6. The monoisotopic (exact) mass is 1660 g/mol. The molecular formula is C91H95BrF3N17O6. The molecule has 9 N–H and O–H groups in total. The van der Waals surface area contributed by atoms with Gasteiger partial charge in [-0.3, -0.25) is 34.5 Å². The Kier molecular flexibility index (Phi) is 26.1. The molecule has 0 bridgehead atoms. The number of anilines is 2. The fraction of sp³-hybridized carbons (Fsp3) is 0.308. The first-order valence-electron chi connectivity index (χ1n) is 39.2. The van der Waals surface area contributed by atoms with Crippen LogP contribution in [0.4, 0.5) is 24.5 Å². The minimum atomic E-state index is -4.74. The number of carbonyl (C=O) groups excluding carboxylic acids is 3. The summed E-state index contributed by atoms with van der Waals surface area (Å²) in [5, 5.41) is 27.8. The Morgan fingerprint density at radius 2 is 1.11 bits per heavy atom. The van der Waals surface area contributed by atoms with E-state index in [1.807, 2.05) is 146 Å². The summed E-state index contributed by atoms with van der Waals surface area (Å²) >= 11 is 3.56. The number of morpholine rings is 2. The van der Waals surface area contributed by atoms with Gasteiger partial charge in [-0.05, 0) is 192 Å². The van der Waals surface area contributed by atoms with Crippen LogP contribution in [0.2, 0.25) is 0 Å². The van der Waals surface area contributed by atoms with E-state index in [9.17, 15) is 38.1 Å². The van der Waals surface area contributed by atoms with Gasteiger partial charge < -0.3 is 56.7 Å². The van der Waals surface area contributed by atoms with Crippen molar-refractivity contribution in [1.29, 1.82) is 10.5 Å². The Balaban J connectivity index is 0.000000137. The molecule has 16 rings (SSSR count). The predicted octanol–water partition coefficient (Wildman–Crippen LogP) is 12.7. The molecule has 0 aliphatic carbocycles. The van der Waals surface area contributed by atoms with Crippen LogP contribution in [0.1, 0.15) is 101 Å². The van der Waals surface area contributed by atoms with E-state index < -0.39 is 28.9 Å². The van der Waals surface area contributed by atoms with Gasteiger partial charge in [-0.25, -0.2) is 15.0 Å². The number of nitrogens with two attached hydrogens (primary N) is 3. The fourth-order valence-electron chi connectivity index (χ4n) is 16.2. The summed E-state index contributed by atoms with van der Waals surface area (Å²) in [5.74, 6) is 0.743. The highest BCUT2D eigenvalue weighted by Crippen LogP contribution is 2.47. The normalized spacial score (nSPS) is 22.4. The van der Waals surface area contributed by atoms with Crippen molar-refractivity contribution in [3.8, 4) is 40.1 Å². The lowest BCUT2D eigenvalue weighted by atomic mass is 9.74. The lowest BCUT2D eigenvalue weighted by Crippen LogP contribution is -2.52. The Bertz CT molecular complexity index is 5310. The number of ether oxygens (including phenoxy) is 3. The molecule has 4 saturated heterocycles. The van der Waals surface area contributed by atoms with Crippen molar-refractivity contribution in [2.75, 3.05) is 110 Å². The molecule has 23 nitrogen and oxygen atoms in total. The van der Waals surface area contributed by atoms with Crippen LogP contribution in [0.25, 0.3) is 22.3 Å². The van der Waals surface area contributed by atoms with Crippen molar-refractivity contribution >= 4 is 68.9 Å². The van der Waals surface area contributed by atoms with Crippen LogP contribution in [0.3, 0.4) is 0 Å². The number of likely N-dealkylation sites (N-methyl/N-ethyl adjacent to an activating group) is 2. The summed E-state index contributed by atoms with van der Waals surface area (Å²) in [5.41, 5.74) is 29.4. The molecule has 7 aliphatic rings. The molecule has 1 unspecified atom stereocenters. The fourth-order valence-corrected chi connectivity index (χ4v) is 16.6. The molecule has 7 aliphatic heterocycles. The number of benzene rings is 9. The van der Waals surface area contributed by atoms with E-state index in [0.717, 1.165) is 145 Å². The molecule has 608 valence electrons. The highest BCUT2D eigenvalue weighted by atomic mass is 79.9. The quantitative estimate of drug-likeness (QED) is 0.0589. The van der Waals surface area contributed by atoms with Gasteiger partial charge in [0.15, 0.2) is 29.4 Å². The molecule has 0 radical (unpaired) electrons. The van der Waals surface area contributed by atoms with Crippen molar-refractivity contribution in [2.45, 2.75) is 74.0 Å². The van der Waals surface area contributed by atoms with E-state index in [0.29, 0.717) is 47.0 Å². The van der Waals surface area contributed by atoms with Gasteiger partial charge in [-0.15, -0.1) is 13.2 Å². The number of hydrogen-bond donors (Lipinski definition) is 6. The van der Waals surface area contributed by atoms with Gasteiger partial charge in [0.25, 0.3) is 5.91 Å². The van der Waals surface area contributed by atoms with E-state index in [-0.39, 0.29) is 47.8 Å². The molecule has 7 heterocycles. The Labute approximate surface area is 693 Å². The molecule has 3 amide bonds. The van der Waals surface area contributed by atoms with Crippen molar-refractivity contribution in [3.63, 3.8) is 0 Å². The standard InChI is InChI=1S/C27H27BrN4O.C23H25N5O2.C23H27N5O.C18H16F3N3O2/c28-24-11-5-7-21(17-24)20-6-4-10-23(16-20)27(22-8-2-1-3-9-22)25(33)32(26(29)31-27)18-19-12-14-30-15-13-19;1-23(18-5-3-4-16(14-18)15-24)20(21(29)27(2)22(25)26-23)17-6-8-19(9-7-17)28-10-12-30-13-11-28;1-23(19-5-3-4-17(14-19)15-24)21(16-27(2)22(25)26-23)18-6-8-20(9-7-18)28-10-12-29-13-11-28;1-22-17-23-15(10-16(25)24-17)13-6-2-4-11(8-13)12-5-3-7-14(9-12)26-18(19,20)21/h1-11,16-17,19,30H,12-15,18H2,(H2,29,31);3-9,14,20H,10-13H2,1-2H3,(H2,25,26);3-9,14,21H,10-13,16H2,1-2H3,(H2,25,26);2-9,15H,10H2,1H3,(H2,22,23,24,25)/t;20-,23-;21-,23-;15-/m.110/s1. The molecular weight excluding hydrogens is 1560 g/mol. The summed E-state index contributed by atoms with van der Waals surface area (Å²) in [6.07, 6.45) is -2.43. The van der Waals surface area contributed by atoms with Crippen LogP contribution >= 0.6 is 15.9 Å². The van der Waals surface area contributed by atoms with Crippen LogP contribution in [0.5, 0.6) is 5.75 Å². The number of aliphatic imine (C=N–C) groups is 4. The lowest BCUT2D eigenvalue weighted by Gasteiger charge is -2.42. The maximum atomic E-state index is 14.1. The molecule has 9 aromatic carbocycles. The summed E-state index contributed by atoms with van der Waals surface area (Å²) in [6.45, 7) is 13.9. The summed E-state index contributed by atoms with van der Waals surface area (Å²) < 4.78 is 53.1. The third kappa shape index (κ3) is 19.0. The van der Waals surface area contributed by atoms with E-state index in [1.165, 1.54) is 34.3 Å². The average molecular weight is 1660 g/mol. The molecule has 0 spiro atoms. The van der Waals surface area contributed by atoms with Crippen molar-refractivity contribution in [2.24, 2.45) is 43.1 Å². The topological polar surface area (TPSA) is 306 Å². The van der Waals surface area contributed by atoms with Gasteiger partial charge in [-0.2, -0.15) is 10.5 Å². The molecule has 4 fully saturated rings. The zero-order valence-electron chi connectivity index (χ0n) is 66.4. The first-order chi connectivity index (χ1) is 56.9. The van der Waals surface area contributed by atoms with E-state index in [2.05, 4.69) is 119 Å². The van der Waals surface area contributed by atoms with Gasteiger partial charge in [0.1, 0.15) is 11.3 Å². The lowest BCUT2D eigenvalue weighted by molar-refractivity contribution is -0.274. The minimum Gasteiger partial charge on any atom is -0.406 e. The van der Waals surface area contributed by atoms with E-state index >= 15 is 0 Å². The first kappa shape index (κ1) is 83.5. The largest absolute Gasteiger partial charge is 0.573 e. The Morgan fingerprint density at radius 1 is 0.585 bits per heavy atom. The molecule has 0 saturated carbocycles. The second-order valence-corrected chi connectivity index (χ2v) is 31.2. The van der Waals surface area contributed by atoms with Crippen molar-refractivity contribution in [1.82, 2.24) is 30.7 Å². The molecule has 9 aromatic rings. The smallest absolute Gasteiger partial charge is 0.406 e. The maximum Gasteiger partial charge on any atom is 0.573 e. The van der Waals surface area contributed by atoms with Crippen molar-refractivity contribution in [3.05, 3.63) is 279 Å². The van der Waals surface area contributed by atoms with Crippen molar-refractivity contribution < 1.29 is 41.8 Å². The predicted molar refractivity (Wildman–Crippen MR) is 456 cm³/mol. The van der Waals surface area contributed by atoms with Crippen LogP contribution in [0, 0.1) is 28.6 Å². The number of carbonyl (C=O) groups is 3. The number of amides is 3. The number of halogens is 4. The minimum absolute atomic E-state index is 0.0730. The highest BCUT2D eigenvalue weighted by Gasteiger charge is 2.52. The van der Waals surface area contributed by atoms with Gasteiger partial charge in [-0.1, -0.05) is 155 Å².